The van der Waals surface area contributed by atoms with Crippen LogP contribution in [0.1, 0.15) is 41.0 Å². The van der Waals surface area contributed by atoms with E-state index in [4.69, 9.17) is 0 Å². The fraction of sp³-hybridized carbons (Fsp3) is 0.364. The van der Waals surface area contributed by atoms with Gasteiger partial charge in [-0.05, 0) is 56.2 Å². The number of aryl methyl sites for hydroxylation is 1. The van der Waals surface area contributed by atoms with Gasteiger partial charge in [0.1, 0.15) is 5.69 Å². The van der Waals surface area contributed by atoms with Gasteiger partial charge in [-0.25, -0.2) is 4.98 Å². The third kappa shape index (κ3) is 4.13. The van der Waals surface area contributed by atoms with Crippen molar-refractivity contribution < 1.29 is 4.79 Å². The van der Waals surface area contributed by atoms with Crippen LogP contribution in [0.25, 0.3) is 10.9 Å². The Morgan fingerprint density at radius 2 is 1.96 bits per heavy atom. The van der Waals surface area contributed by atoms with Crippen LogP contribution in [0.15, 0.2) is 48.9 Å². The van der Waals surface area contributed by atoms with E-state index in [9.17, 15) is 4.79 Å². The quantitative estimate of drug-likeness (QED) is 0.712. The summed E-state index contributed by atoms with van der Waals surface area (Å²) in [5, 5.41) is 1.19. The summed E-state index contributed by atoms with van der Waals surface area (Å²) in [5.74, 6) is 0.574. The molecule has 0 aliphatic carbocycles. The van der Waals surface area contributed by atoms with Crippen molar-refractivity contribution in [1.82, 2.24) is 19.9 Å². The number of pyridine rings is 1. The number of rotatable bonds is 3. The van der Waals surface area contributed by atoms with Crippen molar-refractivity contribution >= 4 is 16.8 Å². The maximum absolute atomic E-state index is 12.7. The summed E-state index contributed by atoms with van der Waals surface area (Å²) < 4.78 is 0. The third-order valence-electron chi connectivity index (χ3n) is 5.31. The Kier molecular flexibility index (Phi) is 5.10. The Bertz CT molecular complexity index is 938. The number of benzene rings is 1. The second kappa shape index (κ2) is 7.82. The van der Waals surface area contributed by atoms with Gasteiger partial charge in [0.05, 0.1) is 17.4 Å². The number of hydrogen-bond acceptors (Lipinski definition) is 4. The molecule has 0 radical (unpaired) electrons. The van der Waals surface area contributed by atoms with E-state index >= 15 is 0 Å². The van der Waals surface area contributed by atoms with Crippen molar-refractivity contribution in [2.45, 2.75) is 32.6 Å². The molecule has 1 amide bonds. The molecule has 0 spiro atoms. The lowest BCUT2D eigenvalue weighted by Crippen LogP contribution is -2.32. The average molecular weight is 360 g/mol. The first-order chi connectivity index (χ1) is 13.2. The molecule has 138 valence electrons. The van der Waals surface area contributed by atoms with Crippen molar-refractivity contribution in [3.05, 3.63) is 65.9 Å². The van der Waals surface area contributed by atoms with Crippen molar-refractivity contribution in [2.24, 2.45) is 5.92 Å². The first kappa shape index (κ1) is 17.6. The molecule has 3 aromatic rings. The molecular weight excluding hydrogens is 336 g/mol. The van der Waals surface area contributed by atoms with Gasteiger partial charge >= 0.3 is 0 Å². The Morgan fingerprint density at radius 3 is 2.81 bits per heavy atom. The fourth-order valence-electron chi connectivity index (χ4n) is 3.80. The molecule has 1 aromatic carbocycles. The summed E-state index contributed by atoms with van der Waals surface area (Å²) in [6, 6.07) is 10.5. The predicted molar refractivity (Wildman–Crippen MR) is 105 cm³/mol. The summed E-state index contributed by atoms with van der Waals surface area (Å²) in [5.41, 5.74) is 3.59. The summed E-state index contributed by atoms with van der Waals surface area (Å²) in [6.45, 7) is 3.44. The molecule has 1 aliphatic heterocycles. The Labute approximate surface area is 159 Å². The van der Waals surface area contributed by atoms with Crippen molar-refractivity contribution in [3.8, 4) is 0 Å². The van der Waals surface area contributed by atoms with E-state index in [-0.39, 0.29) is 5.91 Å². The van der Waals surface area contributed by atoms with Gasteiger partial charge in [0.15, 0.2) is 0 Å². The maximum atomic E-state index is 12.7. The van der Waals surface area contributed by atoms with Crippen LogP contribution < -0.4 is 0 Å². The van der Waals surface area contributed by atoms with E-state index in [1.165, 1.54) is 10.9 Å². The van der Waals surface area contributed by atoms with Crippen molar-refractivity contribution in [3.63, 3.8) is 0 Å². The lowest BCUT2D eigenvalue weighted by atomic mass is 9.93. The molecule has 1 saturated heterocycles. The highest BCUT2D eigenvalue weighted by Crippen LogP contribution is 2.24. The molecule has 5 heteroatoms. The topological polar surface area (TPSA) is 59.0 Å². The van der Waals surface area contributed by atoms with E-state index in [0.29, 0.717) is 11.6 Å². The number of nitrogens with zero attached hydrogens (tertiary/aromatic N) is 4. The zero-order chi connectivity index (χ0) is 18.6. The molecule has 2 aromatic heterocycles. The molecular formula is C22H24N4O. The van der Waals surface area contributed by atoms with Gasteiger partial charge in [0.2, 0.25) is 0 Å². The maximum Gasteiger partial charge on any atom is 0.274 e. The number of likely N-dealkylation sites (tertiary alicyclic amines) is 1. The first-order valence-corrected chi connectivity index (χ1v) is 9.60. The van der Waals surface area contributed by atoms with Crippen LogP contribution in [0.4, 0.5) is 0 Å². The number of amides is 1. The zero-order valence-electron chi connectivity index (χ0n) is 15.6. The highest BCUT2D eigenvalue weighted by Gasteiger charge is 2.22. The van der Waals surface area contributed by atoms with Gasteiger partial charge in [0, 0.05) is 30.9 Å². The predicted octanol–water partition coefficient (Wildman–Crippen LogP) is 3.82. The van der Waals surface area contributed by atoms with Gasteiger partial charge in [-0.1, -0.05) is 18.2 Å². The molecule has 0 bridgehead atoms. The molecule has 0 saturated carbocycles. The van der Waals surface area contributed by atoms with E-state index in [2.05, 4.69) is 33.2 Å². The van der Waals surface area contributed by atoms with Crippen LogP contribution in [0, 0.1) is 12.8 Å². The number of para-hydroxylation sites is 1. The minimum atomic E-state index is -0.00415. The number of hydrogen-bond donors (Lipinski definition) is 0. The second-order valence-corrected chi connectivity index (χ2v) is 7.37. The molecule has 5 nitrogen and oxygen atoms in total. The molecule has 1 unspecified atom stereocenters. The van der Waals surface area contributed by atoms with Crippen molar-refractivity contribution in [1.29, 1.82) is 0 Å². The van der Waals surface area contributed by atoms with Crippen molar-refractivity contribution in [2.75, 3.05) is 13.1 Å². The van der Waals surface area contributed by atoms with Gasteiger partial charge < -0.3 is 4.90 Å². The Morgan fingerprint density at radius 1 is 1.07 bits per heavy atom. The first-order valence-electron chi connectivity index (χ1n) is 9.60. The van der Waals surface area contributed by atoms with Crippen LogP contribution in [0.5, 0.6) is 0 Å². The molecule has 1 fully saturated rings. The molecule has 1 atom stereocenters. The molecule has 27 heavy (non-hydrogen) atoms. The standard InChI is InChI=1S/C22H24N4O/c1-16-13-24-21(15-23-16)22(27)26-9-4-5-17(8-10-26)11-18-12-19-6-2-3-7-20(19)25-14-18/h2-3,6-7,12-15,17H,4-5,8-11H2,1H3. The number of aromatic nitrogens is 3. The lowest BCUT2D eigenvalue weighted by Gasteiger charge is -2.20. The van der Waals surface area contributed by atoms with Gasteiger partial charge in [0.25, 0.3) is 5.91 Å². The van der Waals surface area contributed by atoms with E-state index in [0.717, 1.165) is 50.0 Å². The van der Waals surface area contributed by atoms with Crippen LogP contribution in [-0.2, 0) is 6.42 Å². The molecule has 4 rings (SSSR count). The molecule has 3 heterocycles. The summed E-state index contributed by atoms with van der Waals surface area (Å²) in [7, 11) is 0. The van der Waals surface area contributed by atoms with Crippen LogP contribution in [0.2, 0.25) is 0 Å². The number of carbonyl (C=O) groups excluding carboxylic acids is 1. The second-order valence-electron chi connectivity index (χ2n) is 7.37. The number of carbonyl (C=O) groups is 1. The highest BCUT2D eigenvalue weighted by molar-refractivity contribution is 5.92. The monoisotopic (exact) mass is 360 g/mol. The van der Waals surface area contributed by atoms with Crippen LogP contribution in [-0.4, -0.2) is 38.8 Å². The Balaban J connectivity index is 1.40. The minimum Gasteiger partial charge on any atom is -0.337 e. The van der Waals surface area contributed by atoms with Gasteiger partial charge in [-0.2, -0.15) is 0 Å². The lowest BCUT2D eigenvalue weighted by molar-refractivity contribution is 0.0753. The van der Waals surface area contributed by atoms with E-state index in [1.54, 1.807) is 12.4 Å². The van der Waals surface area contributed by atoms with Crippen LogP contribution >= 0.6 is 0 Å². The SMILES string of the molecule is Cc1cnc(C(=O)N2CCCC(Cc3cnc4ccccc4c3)CC2)cn1. The normalized spacial score (nSPS) is 17.7. The number of fused-ring (bicyclic) bond motifs is 1. The smallest absolute Gasteiger partial charge is 0.274 e. The Hall–Kier alpha value is -2.82. The summed E-state index contributed by atoms with van der Waals surface area (Å²) >= 11 is 0. The largest absolute Gasteiger partial charge is 0.337 e. The molecule has 0 N–H and O–H groups in total. The summed E-state index contributed by atoms with van der Waals surface area (Å²) in [4.78, 5) is 27.6. The average Bonchev–Trinajstić information content (AvgIpc) is 2.93. The highest BCUT2D eigenvalue weighted by atomic mass is 16.2. The van der Waals surface area contributed by atoms with Gasteiger partial charge in [-0.3, -0.25) is 14.8 Å². The third-order valence-corrected chi connectivity index (χ3v) is 5.31. The van der Waals surface area contributed by atoms with Crippen LogP contribution in [0.3, 0.4) is 0 Å². The summed E-state index contributed by atoms with van der Waals surface area (Å²) in [6.07, 6.45) is 9.42. The molecule has 1 aliphatic rings. The fourth-order valence-corrected chi connectivity index (χ4v) is 3.80. The van der Waals surface area contributed by atoms with E-state index in [1.807, 2.05) is 30.2 Å². The zero-order valence-corrected chi connectivity index (χ0v) is 15.6. The van der Waals surface area contributed by atoms with Gasteiger partial charge in [-0.15, -0.1) is 0 Å². The minimum absolute atomic E-state index is 0.00415. The van der Waals surface area contributed by atoms with E-state index < -0.39 is 0 Å².